The van der Waals surface area contributed by atoms with Crippen LogP contribution in [-0.4, -0.2) is 21.0 Å². The van der Waals surface area contributed by atoms with Gasteiger partial charge in [0.05, 0.1) is 22.8 Å². The molecule has 0 saturated heterocycles. The molecule has 124 valence electrons. The predicted molar refractivity (Wildman–Crippen MR) is 94.8 cm³/mol. The molecule has 1 saturated carbocycles. The maximum absolute atomic E-state index is 12.6. The van der Waals surface area contributed by atoms with E-state index in [-0.39, 0.29) is 10.8 Å². The van der Waals surface area contributed by atoms with E-state index in [1.165, 1.54) is 12.8 Å². The molecule has 4 nitrogen and oxygen atoms in total. The van der Waals surface area contributed by atoms with Crippen LogP contribution in [0, 0.1) is 5.92 Å². The first-order valence-corrected chi connectivity index (χ1v) is 9.16. The van der Waals surface area contributed by atoms with E-state index in [2.05, 4.69) is 15.8 Å². The van der Waals surface area contributed by atoms with Crippen LogP contribution in [0.4, 0.5) is 0 Å². The average Bonchev–Trinajstić information content (AvgIpc) is 3.35. The summed E-state index contributed by atoms with van der Waals surface area (Å²) < 4.78 is 21.0. The number of nitrogens with zero attached hydrogens (tertiary/aromatic N) is 1. The molecule has 0 aliphatic heterocycles. The van der Waals surface area contributed by atoms with Gasteiger partial charge >= 0.3 is 0 Å². The van der Waals surface area contributed by atoms with E-state index in [9.17, 15) is 4.21 Å². The molecule has 1 aromatic heterocycles. The number of pyridine rings is 1. The van der Waals surface area contributed by atoms with Crippen molar-refractivity contribution in [2.24, 2.45) is 5.92 Å². The minimum Gasteiger partial charge on any atom is -0.481 e. The molecule has 1 aliphatic carbocycles. The van der Waals surface area contributed by atoms with Crippen molar-refractivity contribution >= 4 is 21.8 Å². The van der Waals surface area contributed by atoms with Gasteiger partial charge < -0.3 is 4.74 Å². The molecule has 0 amide bonds. The van der Waals surface area contributed by atoms with Gasteiger partial charge in [-0.05, 0) is 56.5 Å². The van der Waals surface area contributed by atoms with Gasteiger partial charge in [-0.2, -0.15) is 0 Å². The molecule has 0 spiro atoms. The van der Waals surface area contributed by atoms with Gasteiger partial charge in [-0.1, -0.05) is 18.2 Å². The van der Waals surface area contributed by atoms with Crippen molar-refractivity contribution in [3.63, 3.8) is 0 Å². The molecule has 1 aliphatic rings. The minimum absolute atomic E-state index is 0.0679. The van der Waals surface area contributed by atoms with Crippen molar-refractivity contribution in [1.82, 2.24) is 9.71 Å². The molecule has 0 bridgehead atoms. The minimum atomic E-state index is -1.11. The maximum Gasteiger partial charge on any atom is 0.221 e. The van der Waals surface area contributed by atoms with Crippen molar-refractivity contribution in [1.29, 1.82) is 0 Å². The fourth-order valence-corrected chi connectivity index (χ4v) is 3.64. The standard InChI is InChI=1S/C18H24N2O2S/c1-18(2,3)23(21)20-16(12-9-10-12)15-11-19-17(22-4)14-8-6-5-7-13(14)15/h5-8,11-12,16,20H,9-10H2,1-4H3/t16-,23?/m1/s1. The summed E-state index contributed by atoms with van der Waals surface area (Å²) in [6.45, 7) is 5.97. The van der Waals surface area contributed by atoms with Crippen LogP contribution in [0.25, 0.3) is 10.8 Å². The van der Waals surface area contributed by atoms with E-state index in [1.807, 2.05) is 45.2 Å². The molecule has 1 fully saturated rings. The van der Waals surface area contributed by atoms with Crippen LogP contribution in [-0.2, 0) is 11.0 Å². The fourth-order valence-electron chi connectivity index (χ4n) is 2.73. The lowest BCUT2D eigenvalue weighted by atomic mass is 9.99. The van der Waals surface area contributed by atoms with Gasteiger partial charge in [0.1, 0.15) is 0 Å². The number of nitrogens with one attached hydrogen (secondary N) is 1. The first-order valence-electron chi connectivity index (χ1n) is 8.01. The van der Waals surface area contributed by atoms with E-state index < -0.39 is 11.0 Å². The Morgan fingerprint density at radius 1 is 1.26 bits per heavy atom. The van der Waals surface area contributed by atoms with Crippen LogP contribution in [0.1, 0.15) is 45.2 Å². The molecule has 0 radical (unpaired) electrons. The second-order valence-electron chi connectivity index (χ2n) is 7.08. The lowest BCUT2D eigenvalue weighted by Crippen LogP contribution is -2.36. The Morgan fingerprint density at radius 2 is 1.91 bits per heavy atom. The Hall–Kier alpha value is -1.46. The Morgan fingerprint density at radius 3 is 2.48 bits per heavy atom. The summed E-state index contributed by atoms with van der Waals surface area (Å²) in [6.07, 6.45) is 4.20. The number of fused-ring (bicyclic) bond motifs is 1. The first-order chi connectivity index (χ1) is 10.9. The van der Waals surface area contributed by atoms with Crippen molar-refractivity contribution in [3.05, 3.63) is 36.0 Å². The Balaban J connectivity index is 2.04. The van der Waals surface area contributed by atoms with Crippen molar-refractivity contribution < 1.29 is 8.95 Å². The van der Waals surface area contributed by atoms with Gasteiger partial charge in [0.25, 0.3) is 0 Å². The third-order valence-corrected chi connectivity index (χ3v) is 5.78. The zero-order chi connectivity index (χ0) is 16.6. The Kier molecular flexibility index (Phi) is 4.43. The first kappa shape index (κ1) is 16.4. The van der Waals surface area contributed by atoms with Crippen LogP contribution < -0.4 is 9.46 Å². The van der Waals surface area contributed by atoms with E-state index >= 15 is 0 Å². The number of benzene rings is 1. The Bertz CT molecular complexity index is 735. The predicted octanol–water partition coefficient (Wildman–Crippen LogP) is 3.75. The van der Waals surface area contributed by atoms with Gasteiger partial charge in [0.15, 0.2) is 0 Å². The summed E-state index contributed by atoms with van der Waals surface area (Å²) in [6, 6.07) is 8.19. The van der Waals surface area contributed by atoms with Crippen LogP contribution >= 0.6 is 0 Å². The van der Waals surface area contributed by atoms with Gasteiger partial charge in [0, 0.05) is 17.6 Å². The second kappa shape index (κ2) is 6.21. The highest BCUT2D eigenvalue weighted by Crippen LogP contribution is 2.44. The smallest absolute Gasteiger partial charge is 0.221 e. The highest BCUT2D eigenvalue weighted by Gasteiger charge is 2.36. The lowest BCUT2D eigenvalue weighted by molar-refractivity contribution is 0.402. The molecule has 1 aromatic carbocycles. The summed E-state index contributed by atoms with van der Waals surface area (Å²) in [5.41, 5.74) is 1.11. The monoisotopic (exact) mass is 332 g/mol. The number of rotatable bonds is 5. The molecule has 5 heteroatoms. The van der Waals surface area contributed by atoms with Crippen LogP contribution in [0.3, 0.4) is 0 Å². The molecule has 1 unspecified atom stereocenters. The van der Waals surface area contributed by atoms with E-state index in [4.69, 9.17) is 4.74 Å². The molecular formula is C18H24N2O2S. The maximum atomic E-state index is 12.6. The average molecular weight is 332 g/mol. The molecular weight excluding hydrogens is 308 g/mol. The van der Waals surface area contributed by atoms with Crippen LogP contribution in [0.5, 0.6) is 5.88 Å². The topological polar surface area (TPSA) is 51.2 Å². The molecule has 23 heavy (non-hydrogen) atoms. The van der Waals surface area contributed by atoms with Crippen LogP contribution in [0.15, 0.2) is 30.5 Å². The number of aromatic nitrogens is 1. The van der Waals surface area contributed by atoms with Gasteiger partial charge in [-0.3, -0.25) is 0 Å². The largest absolute Gasteiger partial charge is 0.481 e. The van der Waals surface area contributed by atoms with E-state index in [0.29, 0.717) is 11.8 Å². The SMILES string of the molecule is COc1ncc([C@H](NS(=O)C(C)(C)C)C2CC2)c2ccccc12. The molecule has 2 atom stereocenters. The number of methoxy groups -OCH3 is 1. The van der Waals surface area contributed by atoms with E-state index in [0.717, 1.165) is 16.3 Å². The van der Waals surface area contributed by atoms with Gasteiger partial charge in [0.2, 0.25) is 5.88 Å². The third kappa shape index (κ3) is 3.40. The Labute approximate surface area is 140 Å². The fraction of sp³-hybridized carbons (Fsp3) is 0.500. The summed E-state index contributed by atoms with van der Waals surface area (Å²) in [5.74, 6) is 1.16. The highest BCUT2D eigenvalue weighted by atomic mass is 32.2. The van der Waals surface area contributed by atoms with Gasteiger partial charge in [-0.15, -0.1) is 0 Å². The normalized spacial score (nSPS) is 17.9. The number of ether oxygens (including phenoxy) is 1. The van der Waals surface area contributed by atoms with Crippen molar-refractivity contribution in [2.75, 3.05) is 7.11 Å². The third-order valence-electron chi connectivity index (χ3n) is 4.20. The summed E-state index contributed by atoms with van der Waals surface area (Å²) in [5, 5.41) is 2.12. The number of hydrogen-bond donors (Lipinski definition) is 1. The van der Waals surface area contributed by atoms with Crippen molar-refractivity contribution in [3.8, 4) is 5.88 Å². The summed E-state index contributed by atoms with van der Waals surface area (Å²) in [7, 11) is 0.531. The highest BCUT2D eigenvalue weighted by molar-refractivity contribution is 7.84. The molecule has 3 rings (SSSR count). The molecule has 2 aromatic rings. The zero-order valence-electron chi connectivity index (χ0n) is 14.1. The quantitative estimate of drug-likeness (QED) is 0.907. The summed E-state index contributed by atoms with van der Waals surface area (Å²) in [4.78, 5) is 4.46. The van der Waals surface area contributed by atoms with Crippen molar-refractivity contribution in [2.45, 2.75) is 44.4 Å². The van der Waals surface area contributed by atoms with Gasteiger partial charge in [-0.25, -0.2) is 13.9 Å². The summed E-state index contributed by atoms with van der Waals surface area (Å²) >= 11 is 0. The second-order valence-corrected chi connectivity index (χ2v) is 9.08. The molecule has 1 heterocycles. The zero-order valence-corrected chi connectivity index (χ0v) is 14.9. The number of hydrogen-bond acceptors (Lipinski definition) is 3. The molecule has 1 N–H and O–H groups in total. The lowest BCUT2D eigenvalue weighted by Gasteiger charge is -2.25. The van der Waals surface area contributed by atoms with Crippen LogP contribution in [0.2, 0.25) is 0 Å². The van der Waals surface area contributed by atoms with E-state index in [1.54, 1.807) is 7.11 Å².